The molecule has 0 aliphatic heterocycles. The lowest BCUT2D eigenvalue weighted by atomic mass is 10.1. The van der Waals surface area contributed by atoms with Crippen molar-refractivity contribution in [3.8, 4) is 0 Å². The third-order valence-corrected chi connectivity index (χ3v) is 5.48. The van der Waals surface area contributed by atoms with E-state index in [-0.39, 0.29) is 13.5 Å². The van der Waals surface area contributed by atoms with Gasteiger partial charge in [0.15, 0.2) is 0 Å². The van der Waals surface area contributed by atoms with Gasteiger partial charge in [-0.25, -0.2) is 13.1 Å². The minimum atomic E-state index is -5.25. The summed E-state index contributed by atoms with van der Waals surface area (Å²) in [6.07, 6.45) is -5.25. The summed E-state index contributed by atoms with van der Waals surface area (Å²) >= 11 is 11.6. The van der Waals surface area contributed by atoms with Crippen LogP contribution in [0.4, 0.5) is 18.9 Å². The van der Waals surface area contributed by atoms with Crippen LogP contribution in [0.25, 0.3) is 0 Å². The Balaban J connectivity index is 3.19. The molecule has 0 spiro atoms. The third-order valence-electron chi connectivity index (χ3n) is 2.98. The van der Waals surface area contributed by atoms with Crippen LogP contribution in [-0.4, -0.2) is 49.5 Å². The molecule has 0 heterocycles. The summed E-state index contributed by atoms with van der Waals surface area (Å²) in [4.78, 5) is 11.1. The average Bonchev–Trinajstić information content (AvgIpc) is 2.48. The van der Waals surface area contributed by atoms with E-state index in [0.717, 1.165) is 12.1 Å². The fourth-order valence-corrected chi connectivity index (χ4v) is 3.30. The zero-order chi connectivity index (χ0) is 19.6. The Bertz CT molecular complexity index is 769. The first-order valence-corrected chi connectivity index (χ1v) is 8.68. The number of carbonyl (C=O) groups excluding carboxylic acids is 1. The summed E-state index contributed by atoms with van der Waals surface area (Å²) in [5, 5.41) is 18.6. The molecule has 25 heavy (non-hydrogen) atoms. The van der Waals surface area contributed by atoms with Gasteiger partial charge in [-0.05, 0) is 19.1 Å². The Morgan fingerprint density at radius 2 is 1.80 bits per heavy atom. The first-order chi connectivity index (χ1) is 11.3. The summed E-state index contributed by atoms with van der Waals surface area (Å²) in [5.41, 5.74) is -4.13. The molecule has 0 saturated carbocycles. The summed E-state index contributed by atoms with van der Waals surface area (Å²) in [6, 6.07) is 1.80. The van der Waals surface area contributed by atoms with Crippen LogP contribution in [-0.2, 0) is 14.8 Å². The number of hydrogen-bond acceptors (Lipinski definition) is 5. The molecule has 0 aliphatic carbocycles. The smallest absolute Gasteiger partial charge is 0.395 e. The number of sulfonamides is 1. The van der Waals surface area contributed by atoms with E-state index in [0.29, 0.717) is 0 Å². The predicted octanol–water partition coefficient (Wildman–Crippen LogP) is 1.52. The quantitative estimate of drug-likeness (QED) is 0.552. The van der Waals surface area contributed by atoms with Crippen LogP contribution in [0.3, 0.4) is 0 Å². The van der Waals surface area contributed by atoms with Crippen LogP contribution in [0.2, 0.25) is 10.0 Å². The van der Waals surface area contributed by atoms with Gasteiger partial charge in [0, 0.05) is 6.54 Å². The van der Waals surface area contributed by atoms with Gasteiger partial charge in [0.1, 0.15) is 4.90 Å². The highest BCUT2D eigenvalue weighted by Crippen LogP contribution is 2.37. The Morgan fingerprint density at radius 1 is 1.24 bits per heavy atom. The first-order valence-electron chi connectivity index (χ1n) is 6.44. The van der Waals surface area contributed by atoms with Crippen LogP contribution in [0.5, 0.6) is 0 Å². The highest BCUT2D eigenvalue weighted by molar-refractivity contribution is 7.89. The van der Waals surface area contributed by atoms with E-state index < -0.39 is 54.9 Å². The van der Waals surface area contributed by atoms with Gasteiger partial charge in [0.2, 0.25) is 15.6 Å². The molecule has 1 amide bonds. The molecular weight excluding hydrogens is 412 g/mol. The second-order valence-corrected chi connectivity index (χ2v) is 7.38. The molecule has 1 atom stereocenters. The van der Waals surface area contributed by atoms with E-state index in [2.05, 4.69) is 0 Å². The molecule has 1 aromatic rings. The van der Waals surface area contributed by atoms with Gasteiger partial charge >= 0.3 is 6.18 Å². The molecular formula is C12H13Cl2F3N2O5S. The molecule has 0 unspecified atom stereocenters. The van der Waals surface area contributed by atoms with Crippen molar-refractivity contribution < 1.29 is 36.6 Å². The van der Waals surface area contributed by atoms with Crippen molar-refractivity contribution in [2.24, 2.45) is 0 Å². The number of amides is 1. The second kappa shape index (κ2) is 7.64. The summed E-state index contributed by atoms with van der Waals surface area (Å²) in [5.74, 6) is -1.83. The van der Waals surface area contributed by atoms with Crippen molar-refractivity contribution in [1.29, 1.82) is 0 Å². The molecule has 13 heteroatoms. The van der Waals surface area contributed by atoms with Gasteiger partial charge in [0.25, 0.3) is 5.91 Å². The van der Waals surface area contributed by atoms with Gasteiger partial charge in [0.05, 0.1) is 22.3 Å². The molecule has 0 aromatic heterocycles. The Hall–Kier alpha value is -1.11. The Labute approximate surface area is 150 Å². The zero-order valence-electron chi connectivity index (χ0n) is 12.5. The molecule has 0 saturated heterocycles. The average molecular weight is 425 g/mol. The number of alkyl halides is 3. The number of benzene rings is 1. The van der Waals surface area contributed by atoms with E-state index in [9.17, 15) is 31.5 Å². The van der Waals surface area contributed by atoms with Gasteiger partial charge in [-0.2, -0.15) is 13.2 Å². The molecule has 1 aromatic carbocycles. The maximum atomic E-state index is 12.6. The van der Waals surface area contributed by atoms with Crippen LogP contribution in [0.1, 0.15) is 6.92 Å². The van der Waals surface area contributed by atoms with E-state index in [1.807, 2.05) is 4.72 Å². The topological polar surface area (TPSA) is 116 Å². The third kappa shape index (κ3) is 4.74. The first kappa shape index (κ1) is 21.9. The lowest BCUT2D eigenvalue weighted by Crippen LogP contribution is -2.52. The number of hydrogen-bond donors (Lipinski definition) is 4. The summed E-state index contributed by atoms with van der Waals surface area (Å²) in [7, 11) is -4.14. The Kier molecular flexibility index (Phi) is 6.70. The van der Waals surface area contributed by atoms with E-state index in [1.165, 1.54) is 0 Å². The molecule has 4 N–H and O–H groups in total. The highest BCUT2D eigenvalue weighted by Gasteiger charge is 2.55. The van der Waals surface area contributed by atoms with E-state index in [4.69, 9.17) is 28.3 Å². The largest absolute Gasteiger partial charge is 0.426 e. The lowest BCUT2D eigenvalue weighted by molar-refractivity contribution is -0.242. The molecule has 142 valence electrons. The standard InChI is InChI=1S/C12H13Cl2F3N2O5S/c1-11(22,12(15,16)17)10(21)19-6-2-3-7(9(14)8(6)13)25(23,24)18-4-5-20/h2-3,18,20,22H,4-5H2,1H3,(H,19,21)/t11-/m1/s1. The molecule has 7 nitrogen and oxygen atoms in total. The number of nitrogens with one attached hydrogen (secondary N) is 2. The monoisotopic (exact) mass is 424 g/mol. The van der Waals surface area contributed by atoms with Gasteiger partial charge in [-0.3, -0.25) is 4.79 Å². The number of halogens is 5. The number of carbonyl (C=O) groups is 1. The normalized spacial score (nSPS) is 14.9. The number of rotatable bonds is 6. The number of anilines is 1. The summed E-state index contributed by atoms with van der Waals surface area (Å²) in [6.45, 7) is -0.538. The number of aliphatic hydroxyl groups excluding tert-OH is 1. The fourth-order valence-electron chi connectivity index (χ4n) is 1.47. The molecule has 0 fully saturated rings. The molecule has 0 aliphatic rings. The SMILES string of the molecule is C[C@@](O)(C(=O)Nc1ccc(S(=O)(=O)NCCO)c(Cl)c1Cl)C(F)(F)F. The van der Waals surface area contributed by atoms with E-state index in [1.54, 1.807) is 5.32 Å². The van der Waals surface area contributed by atoms with Gasteiger partial charge in [-0.1, -0.05) is 23.2 Å². The van der Waals surface area contributed by atoms with E-state index >= 15 is 0 Å². The molecule has 1 rings (SSSR count). The van der Waals surface area contributed by atoms with Gasteiger partial charge < -0.3 is 15.5 Å². The minimum absolute atomic E-state index is 0.246. The Morgan fingerprint density at radius 3 is 2.28 bits per heavy atom. The van der Waals surface area contributed by atoms with Crippen LogP contribution in [0.15, 0.2) is 17.0 Å². The van der Waals surface area contributed by atoms with Crippen molar-refractivity contribution >= 4 is 44.8 Å². The minimum Gasteiger partial charge on any atom is -0.395 e. The number of aliphatic hydroxyl groups is 2. The predicted molar refractivity (Wildman–Crippen MR) is 84.0 cm³/mol. The second-order valence-electron chi connectivity index (χ2n) is 4.88. The van der Waals surface area contributed by atoms with Crippen molar-refractivity contribution in [1.82, 2.24) is 4.72 Å². The van der Waals surface area contributed by atoms with Crippen LogP contribution >= 0.6 is 23.2 Å². The molecule has 0 bridgehead atoms. The van der Waals surface area contributed by atoms with Crippen molar-refractivity contribution in [2.75, 3.05) is 18.5 Å². The lowest BCUT2D eigenvalue weighted by Gasteiger charge is -2.25. The summed E-state index contributed by atoms with van der Waals surface area (Å²) < 4.78 is 63.8. The maximum Gasteiger partial charge on any atom is 0.426 e. The maximum absolute atomic E-state index is 12.6. The van der Waals surface area contributed by atoms with Crippen molar-refractivity contribution in [3.63, 3.8) is 0 Å². The van der Waals surface area contributed by atoms with Crippen LogP contribution in [0, 0.1) is 0 Å². The van der Waals surface area contributed by atoms with Crippen molar-refractivity contribution in [2.45, 2.75) is 23.6 Å². The highest BCUT2D eigenvalue weighted by atomic mass is 35.5. The molecule has 0 radical (unpaired) electrons. The van der Waals surface area contributed by atoms with Gasteiger partial charge in [-0.15, -0.1) is 0 Å². The van der Waals surface area contributed by atoms with Crippen LogP contribution < -0.4 is 10.0 Å². The fraction of sp³-hybridized carbons (Fsp3) is 0.417. The van der Waals surface area contributed by atoms with Crippen molar-refractivity contribution in [3.05, 3.63) is 22.2 Å². The zero-order valence-corrected chi connectivity index (χ0v) is 14.8.